The molecule has 0 aliphatic carbocycles. The molecule has 0 fully saturated rings. The topological polar surface area (TPSA) is 25.8 Å². The summed E-state index contributed by atoms with van der Waals surface area (Å²) < 4.78 is 0. The standard InChI is InChI=1S/C6H8N2S2/c1-5(10-9)6-2-3-7-4-8-6/h2-5,9H,1H3. The molecule has 4 heteroatoms. The summed E-state index contributed by atoms with van der Waals surface area (Å²) >= 11 is 4.08. The van der Waals surface area contributed by atoms with E-state index in [4.69, 9.17) is 0 Å². The number of nitrogens with zero attached hydrogens (tertiary/aromatic N) is 2. The summed E-state index contributed by atoms with van der Waals surface area (Å²) in [6.45, 7) is 2.06. The highest BCUT2D eigenvalue weighted by atomic mass is 33.1. The van der Waals surface area contributed by atoms with Crippen LogP contribution >= 0.6 is 22.5 Å². The average molecular weight is 172 g/mol. The molecule has 0 saturated carbocycles. The zero-order valence-corrected chi connectivity index (χ0v) is 7.27. The van der Waals surface area contributed by atoms with Crippen molar-refractivity contribution in [2.24, 2.45) is 0 Å². The van der Waals surface area contributed by atoms with Crippen molar-refractivity contribution in [3.05, 3.63) is 24.3 Å². The maximum atomic E-state index is 4.08. The van der Waals surface area contributed by atoms with E-state index in [0.717, 1.165) is 5.69 Å². The van der Waals surface area contributed by atoms with Gasteiger partial charge in [0.1, 0.15) is 6.33 Å². The third-order valence-corrected chi connectivity index (χ3v) is 2.69. The van der Waals surface area contributed by atoms with Gasteiger partial charge in [-0.05, 0) is 13.0 Å². The third kappa shape index (κ3) is 1.88. The second-order valence-electron chi connectivity index (χ2n) is 1.88. The summed E-state index contributed by atoms with van der Waals surface area (Å²) in [5.41, 5.74) is 1.02. The van der Waals surface area contributed by atoms with Gasteiger partial charge in [0.05, 0.1) is 10.9 Å². The van der Waals surface area contributed by atoms with E-state index in [0.29, 0.717) is 5.25 Å². The molecule has 0 saturated heterocycles. The highest BCUT2D eigenvalue weighted by Gasteiger charge is 2.02. The maximum absolute atomic E-state index is 4.08. The van der Waals surface area contributed by atoms with Crippen LogP contribution in [0.1, 0.15) is 17.9 Å². The number of rotatable bonds is 2. The molecule has 54 valence electrons. The van der Waals surface area contributed by atoms with Gasteiger partial charge in [-0.1, -0.05) is 10.8 Å². The van der Waals surface area contributed by atoms with Gasteiger partial charge in [0.15, 0.2) is 0 Å². The molecule has 0 radical (unpaired) electrons. The first-order chi connectivity index (χ1) is 4.84. The molecule has 1 atom stereocenters. The van der Waals surface area contributed by atoms with Gasteiger partial charge in [-0.25, -0.2) is 9.97 Å². The quantitative estimate of drug-likeness (QED) is 0.546. The lowest BCUT2D eigenvalue weighted by atomic mass is 10.3. The monoisotopic (exact) mass is 172 g/mol. The zero-order chi connectivity index (χ0) is 7.40. The van der Waals surface area contributed by atoms with Crippen molar-refractivity contribution < 1.29 is 0 Å². The highest BCUT2D eigenvalue weighted by molar-refractivity contribution is 8.68. The summed E-state index contributed by atoms with van der Waals surface area (Å²) in [4.78, 5) is 7.89. The van der Waals surface area contributed by atoms with Crippen molar-refractivity contribution in [1.82, 2.24) is 9.97 Å². The summed E-state index contributed by atoms with van der Waals surface area (Å²) in [6, 6.07) is 1.90. The first-order valence-electron chi connectivity index (χ1n) is 2.90. The van der Waals surface area contributed by atoms with Crippen molar-refractivity contribution in [3.8, 4) is 0 Å². The average Bonchev–Trinajstić information content (AvgIpc) is 2.05. The Morgan fingerprint density at radius 3 is 3.00 bits per heavy atom. The molecule has 1 rings (SSSR count). The minimum Gasteiger partial charge on any atom is -0.245 e. The second-order valence-corrected chi connectivity index (χ2v) is 3.43. The molecule has 0 bridgehead atoms. The molecule has 0 aliphatic rings. The Hall–Kier alpha value is -0.220. The lowest BCUT2D eigenvalue weighted by Crippen LogP contribution is -1.90. The fourth-order valence-corrected chi connectivity index (χ4v) is 1.17. The van der Waals surface area contributed by atoms with E-state index in [1.54, 1.807) is 12.5 Å². The molecule has 0 aromatic carbocycles. The molecular formula is C6H8N2S2. The highest BCUT2D eigenvalue weighted by Crippen LogP contribution is 2.28. The molecule has 0 amide bonds. The molecule has 0 N–H and O–H groups in total. The molecule has 2 nitrogen and oxygen atoms in total. The Balaban J connectivity index is 2.75. The number of aromatic nitrogens is 2. The minimum atomic E-state index is 0.339. The fraction of sp³-hybridized carbons (Fsp3) is 0.333. The van der Waals surface area contributed by atoms with Gasteiger partial charge in [0.2, 0.25) is 0 Å². The van der Waals surface area contributed by atoms with Crippen LogP contribution in [0.2, 0.25) is 0 Å². The predicted molar refractivity (Wildman–Crippen MR) is 47.0 cm³/mol. The van der Waals surface area contributed by atoms with E-state index >= 15 is 0 Å². The van der Waals surface area contributed by atoms with Crippen LogP contribution < -0.4 is 0 Å². The van der Waals surface area contributed by atoms with Crippen molar-refractivity contribution >= 4 is 22.5 Å². The van der Waals surface area contributed by atoms with Crippen LogP contribution in [0, 0.1) is 0 Å². The molecule has 0 spiro atoms. The fourth-order valence-electron chi connectivity index (χ4n) is 0.595. The molecule has 1 heterocycles. The van der Waals surface area contributed by atoms with Crippen LogP contribution in [0.3, 0.4) is 0 Å². The molecule has 1 aromatic heterocycles. The van der Waals surface area contributed by atoms with Gasteiger partial charge in [-0.15, -0.1) is 11.7 Å². The van der Waals surface area contributed by atoms with E-state index in [1.165, 1.54) is 10.8 Å². The van der Waals surface area contributed by atoms with E-state index in [-0.39, 0.29) is 0 Å². The molecular weight excluding hydrogens is 164 g/mol. The van der Waals surface area contributed by atoms with Crippen LogP contribution in [0.5, 0.6) is 0 Å². The minimum absolute atomic E-state index is 0.339. The Morgan fingerprint density at radius 1 is 1.70 bits per heavy atom. The van der Waals surface area contributed by atoms with Crippen LogP contribution in [0.15, 0.2) is 18.6 Å². The van der Waals surface area contributed by atoms with Crippen molar-refractivity contribution in [1.29, 1.82) is 0 Å². The van der Waals surface area contributed by atoms with Gasteiger partial charge in [0.25, 0.3) is 0 Å². The van der Waals surface area contributed by atoms with E-state index in [9.17, 15) is 0 Å². The molecule has 0 aliphatic heterocycles. The predicted octanol–water partition coefficient (Wildman–Crippen LogP) is 2.12. The van der Waals surface area contributed by atoms with Crippen molar-refractivity contribution in [2.45, 2.75) is 12.2 Å². The summed E-state index contributed by atoms with van der Waals surface area (Å²) in [5, 5.41) is 0.339. The number of hydrogen-bond acceptors (Lipinski definition) is 4. The summed E-state index contributed by atoms with van der Waals surface area (Å²) in [6.07, 6.45) is 3.29. The lowest BCUT2D eigenvalue weighted by Gasteiger charge is -2.03. The molecule has 1 unspecified atom stereocenters. The normalized spacial score (nSPS) is 13.0. The molecule has 1 aromatic rings. The van der Waals surface area contributed by atoms with E-state index in [1.807, 2.05) is 6.07 Å². The molecule has 10 heavy (non-hydrogen) atoms. The van der Waals surface area contributed by atoms with Crippen LogP contribution in [-0.4, -0.2) is 9.97 Å². The first-order valence-corrected chi connectivity index (χ1v) is 4.84. The van der Waals surface area contributed by atoms with Gasteiger partial charge in [-0.2, -0.15) is 0 Å². The van der Waals surface area contributed by atoms with Crippen LogP contribution in [0.25, 0.3) is 0 Å². The largest absolute Gasteiger partial charge is 0.245 e. The SMILES string of the molecule is CC(SS)c1ccncn1. The van der Waals surface area contributed by atoms with Gasteiger partial charge in [-0.3, -0.25) is 0 Å². The smallest absolute Gasteiger partial charge is 0.115 e. The van der Waals surface area contributed by atoms with Gasteiger partial charge in [0, 0.05) is 6.20 Å². The second kappa shape index (κ2) is 3.83. The van der Waals surface area contributed by atoms with Crippen LogP contribution in [0.4, 0.5) is 0 Å². The number of thiol groups is 1. The third-order valence-electron chi connectivity index (χ3n) is 1.18. The maximum Gasteiger partial charge on any atom is 0.115 e. The Bertz CT molecular complexity index is 190. The first kappa shape index (κ1) is 7.88. The van der Waals surface area contributed by atoms with E-state index < -0.39 is 0 Å². The van der Waals surface area contributed by atoms with E-state index in [2.05, 4.69) is 28.6 Å². The zero-order valence-electron chi connectivity index (χ0n) is 5.56. The van der Waals surface area contributed by atoms with Gasteiger partial charge >= 0.3 is 0 Å². The Labute approximate surface area is 69.3 Å². The van der Waals surface area contributed by atoms with Gasteiger partial charge < -0.3 is 0 Å². The summed E-state index contributed by atoms with van der Waals surface area (Å²) in [7, 11) is 1.48. The Morgan fingerprint density at radius 2 is 2.50 bits per heavy atom. The summed E-state index contributed by atoms with van der Waals surface area (Å²) in [5.74, 6) is 0. The van der Waals surface area contributed by atoms with Crippen molar-refractivity contribution in [3.63, 3.8) is 0 Å². The van der Waals surface area contributed by atoms with Crippen molar-refractivity contribution in [2.75, 3.05) is 0 Å². The van der Waals surface area contributed by atoms with Crippen LogP contribution in [-0.2, 0) is 0 Å². The lowest BCUT2D eigenvalue weighted by molar-refractivity contribution is 0.982. The number of hydrogen-bond donors (Lipinski definition) is 1. The Kier molecular flexibility index (Phi) is 3.02.